The van der Waals surface area contributed by atoms with Crippen LogP contribution in [-0.4, -0.2) is 31.0 Å². The monoisotopic (exact) mass is 355 g/mol. The third-order valence-electron chi connectivity index (χ3n) is 5.47. The molecular weight excluding hydrogens is 326 g/mol. The number of benzene rings is 1. The van der Waals surface area contributed by atoms with Gasteiger partial charge in [0.05, 0.1) is 7.11 Å². The second-order valence-electron chi connectivity index (χ2n) is 7.01. The van der Waals surface area contributed by atoms with E-state index in [4.69, 9.17) is 9.15 Å². The van der Waals surface area contributed by atoms with Gasteiger partial charge in [0.2, 0.25) is 5.91 Å². The number of aryl methyl sites for hydroxylation is 3. The molecule has 0 fully saturated rings. The Labute approximate surface area is 155 Å². The van der Waals surface area contributed by atoms with E-state index in [1.54, 1.807) is 13.2 Å². The first-order valence-electron chi connectivity index (χ1n) is 9.61. The summed E-state index contributed by atoms with van der Waals surface area (Å²) in [7, 11) is 1.68. The normalized spacial score (nSPS) is 14.4. The number of hydrogen-bond donors (Lipinski definition) is 0. The topological polar surface area (TPSA) is 42.7 Å². The van der Waals surface area contributed by atoms with Gasteiger partial charge in [-0.3, -0.25) is 4.79 Å². The fourth-order valence-electron chi connectivity index (χ4n) is 3.98. The summed E-state index contributed by atoms with van der Waals surface area (Å²) in [5.41, 5.74) is 5.18. The van der Waals surface area contributed by atoms with Crippen LogP contribution in [0.25, 0.3) is 16.5 Å². The summed E-state index contributed by atoms with van der Waals surface area (Å²) in [5, 5.41) is 1.18. The zero-order valence-corrected chi connectivity index (χ0v) is 16.6. The number of hydrogen-bond acceptors (Lipinski definition) is 3. The molecule has 1 aliphatic rings. The lowest BCUT2D eigenvalue weighted by molar-refractivity contribution is -0.125. The van der Waals surface area contributed by atoms with Crippen molar-refractivity contribution in [2.45, 2.75) is 53.4 Å². The maximum atomic E-state index is 12.5. The number of rotatable bonds is 5. The molecule has 0 N–H and O–H groups in total. The second kappa shape index (κ2) is 7.56. The van der Waals surface area contributed by atoms with Crippen LogP contribution in [0.5, 0.6) is 5.75 Å². The minimum Gasteiger partial charge on any atom is -0.496 e. The van der Waals surface area contributed by atoms with Gasteiger partial charge in [-0.25, -0.2) is 0 Å². The quantitative estimate of drug-likeness (QED) is 0.716. The lowest BCUT2D eigenvalue weighted by atomic mass is 9.93. The number of carbonyl (C=O) groups is 1. The van der Waals surface area contributed by atoms with E-state index < -0.39 is 0 Å². The number of carbonyl (C=O) groups excluding carboxylic acids is 1. The van der Waals surface area contributed by atoms with Crippen molar-refractivity contribution >= 4 is 22.4 Å². The average Bonchev–Trinajstić information content (AvgIpc) is 3.01. The fourth-order valence-corrected chi connectivity index (χ4v) is 3.98. The predicted molar refractivity (Wildman–Crippen MR) is 106 cm³/mol. The molecule has 0 bridgehead atoms. The minimum atomic E-state index is 0.0431. The fraction of sp³-hybridized carbons (Fsp3) is 0.500. The van der Waals surface area contributed by atoms with Crippen molar-refractivity contribution in [1.29, 1.82) is 0 Å². The lowest BCUT2D eigenvalue weighted by Crippen LogP contribution is -2.28. The number of allylic oxidation sites excluding steroid dienone is 1. The largest absolute Gasteiger partial charge is 0.496 e. The number of methoxy groups -OCH3 is 1. The molecule has 0 saturated heterocycles. The first kappa shape index (κ1) is 18.6. The van der Waals surface area contributed by atoms with Crippen molar-refractivity contribution in [2.75, 3.05) is 20.2 Å². The Balaban J connectivity index is 2.14. The van der Waals surface area contributed by atoms with Gasteiger partial charge in [0.25, 0.3) is 0 Å². The molecule has 2 aromatic rings. The van der Waals surface area contributed by atoms with E-state index >= 15 is 0 Å². The molecule has 0 aliphatic heterocycles. The van der Waals surface area contributed by atoms with Crippen LogP contribution >= 0.6 is 0 Å². The molecule has 0 radical (unpaired) electrons. The Hall–Kier alpha value is -2.23. The van der Waals surface area contributed by atoms with E-state index in [1.165, 1.54) is 23.8 Å². The first-order chi connectivity index (χ1) is 12.5. The van der Waals surface area contributed by atoms with Crippen LogP contribution in [-0.2, 0) is 17.6 Å². The minimum absolute atomic E-state index is 0.0431. The van der Waals surface area contributed by atoms with E-state index in [9.17, 15) is 4.79 Å². The molecule has 3 rings (SSSR count). The third-order valence-corrected chi connectivity index (χ3v) is 5.47. The molecule has 1 aromatic heterocycles. The summed E-state index contributed by atoms with van der Waals surface area (Å²) >= 11 is 0. The summed E-state index contributed by atoms with van der Waals surface area (Å²) in [5.74, 6) is 1.96. The van der Waals surface area contributed by atoms with Crippen molar-refractivity contribution < 1.29 is 13.9 Å². The van der Waals surface area contributed by atoms with Gasteiger partial charge in [0.1, 0.15) is 17.1 Å². The van der Waals surface area contributed by atoms with Crippen LogP contribution in [0.4, 0.5) is 0 Å². The highest BCUT2D eigenvalue weighted by atomic mass is 16.5. The summed E-state index contributed by atoms with van der Waals surface area (Å²) in [6, 6.07) is 2.15. The maximum absolute atomic E-state index is 12.5. The number of furan rings is 1. The van der Waals surface area contributed by atoms with Gasteiger partial charge in [-0.2, -0.15) is 0 Å². The van der Waals surface area contributed by atoms with Crippen LogP contribution in [0.2, 0.25) is 0 Å². The van der Waals surface area contributed by atoms with Crippen LogP contribution in [0.3, 0.4) is 0 Å². The van der Waals surface area contributed by atoms with Crippen molar-refractivity contribution in [1.82, 2.24) is 4.90 Å². The average molecular weight is 355 g/mol. The van der Waals surface area contributed by atoms with Crippen molar-refractivity contribution in [3.63, 3.8) is 0 Å². The number of amides is 1. The van der Waals surface area contributed by atoms with E-state index in [2.05, 4.69) is 6.07 Å². The smallest absolute Gasteiger partial charge is 0.246 e. The van der Waals surface area contributed by atoms with Gasteiger partial charge in [0, 0.05) is 47.7 Å². The molecule has 0 unspecified atom stereocenters. The second-order valence-corrected chi connectivity index (χ2v) is 7.01. The molecule has 0 atom stereocenters. The Kier molecular flexibility index (Phi) is 5.40. The number of nitrogens with zero attached hydrogens (tertiary/aromatic N) is 1. The number of fused-ring (bicyclic) bond motifs is 3. The van der Waals surface area contributed by atoms with Gasteiger partial charge in [-0.05, 0) is 58.6 Å². The van der Waals surface area contributed by atoms with Gasteiger partial charge >= 0.3 is 0 Å². The van der Waals surface area contributed by atoms with Crippen molar-refractivity contribution in [3.8, 4) is 5.75 Å². The Morgan fingerprint density at radius 1 is 1.27 bits per heavy atom. The SMILES string of the molecule is CCN(CC)C(=O)/C=C(\C)c1cc2c3c(oc2c(C)c1OC)CCCC3. The Morgan fingerprint density at radius 2 is 1.96 bits per heavy atom. The van der Waals surface area contributed by atoms with E-state index in [0.717, 1.165) is 46.6 Å². The molecule has 0 spiro atoms. The van der Waals surface area contributed by atoms with Crippen LogP contribution in [0.15, 0.2) is 16.6 Å². The standard InChI is InChI=1S/C22H29NO3/c1-6-23(7-2)20(24)12-14(3)17-13-18-16-10-8-9-11-19(16)26-22(18)15(4)21(17)25-5/h12-13H,6-11H2,1-5H3/b14-12+. The van der Waals surface area contributed by atoms with Crippen LogP contribution in [0.1, 0.15) is 56.1 Å². The molecule has 1 amide bonds. The van der Waals surface area contributed by atoms with Gasteiger partial charge in [0.15, 0.2) is 0 Å². The Bertz CT molecular complexity index is 856. The summed E-state index contributed by atoms with van der Waals surface area (Å²) in [6.07, 6.45) is 6.19. The third kappa shape index (κ3) is 3.13. The van der Waals surface area contributed by atoms with Gasteiger partial charge in [-0.15, -0.1) is 0 Å². The highest BCUT2D eigenvalue weighted by Gasteiger charge is 2.23. The predicted octanol–water partition coefficient (Wildman–Crippen LogP) is 4.90. The number of ether oxygens (including phenoxy) is 1. The lowest BCUT2D eigenvalue weighted by Gasteiger charge is -2.18. The maximum Gasteiger partial charge on any atom is 0.246 e. The molecule has 26 heavy (non-hydrogen) atoms. The summed E-state index contributed by atoms with van der Waals surface area (Å²) in [6.45, 7) is 9.45. The van der Waals surface area contributed by atoms with E-state index in [1.807, 2.05) is 32.6 Å². The molecule has 1 aromatic carbocycles. The summed E-state index contributed by atoms with van der Waals surface area (Å²) < 4.78 is 11.9. The van der Waals surface area contributed by atoms with Gasteiger partial charge in [-0.1, -0.05) is 0 Å². The highest BCUT2D eigenvalue weighted by Crippen LogP contribution is 2.41. The van der Waals surface area contributed by atoms with E-state index in [0.29, 0.717) is 13.1 Å². The van der Waals surface area contributed by atoms with Crippen LogP contribution < -0.4 is 4.74 Å². The van der Waals surface area contributed by atoms with Crippen LogP contribution in [0, 0.1) is 6.92 Å². The molecular formula is C22H29NO3. The zero-order valence-electron chi connectivity index (χ0n) is 16.6. The molecule has 140 valence electrons. The molecule has 4 heteroatoms. The molecule has 1 heterocycles. The highest BCUT2D eigenvalue weighted by molar-refractivity contribution is 5.98. The summed E-state index contributed by atoms with van der Waals surface area (Å²) in [4.78, 5) is 14.3. The molecule has 0 saturated carbocycles. The molecule has 1 aliphatic carbocycles. The Morgan fingerprint density at radius 3 is 2.62 bits per heavy atom. The van der Waals surface area contributed by atoms with Crippen molar-refractivity contribution in [3.05, 3.63) is 34.6 Å². The van der Waals surface area contributed by atoms with Crippen molar-refractivity contribution in [2.24, 2.45) is 0 Å². The van der Waals surface area contributed by atoms with Gasteiger partial charge < -0.3 is 14.1 Å². The number of likely N-dealkylation sites (N-methyl/N-ethyl adjacent to an activating group) is 1. The molecule has 4 nitrogen and oxygen atoms in total. The zero-order chi connectivity index (χ0) is 18.8. The first-order valence-corrected chi connectivity index (χ1v) is 9.61. The van der Waals surface area contributed by atoms with E-state index in [-0.39, 0.29) is 5.91 Å².